The fraction of sp³-hybridized carbons (Fsp3) is 0.611. The first kappa shape index (κ1) is 15.1. The highest BCUT2D eigenvalue weighted by Gasteiger charge is 2.39. The van der Waals surface area contributed by atoms with Crippen LogP contribution in [0.15, 0.2) is 24.3 Å². The zero-order valence-corrected chi connectivity index (χ0v) is 11.5. The molecule has 0 unspecified atom stereocenters. The molecule has 20 heavy (non-hydrogen) atoms. The molecule has 2 aliphatic rings. The average molecular weight is 273 g/mol. The van der Waals surface area contributed by atoms with E-state index in [2.05, 4.69) is 6.07 Å². The summed E-state index contributed by atoms with van der Waals surface area (Å²) in [5.41, 5.74) is 7.85. The summed E-state index contributed by atoms with van der Waals surface area (Å²) >= 11 is 0. The smallest absolute Gasteiger partial charge is 0.248 e. The molecule has 0 radical (unpaired) electrons. The maximum atomic E-state index is 11.6. The zero-order chi connectivity index (χ0) is 13.3. The summed E-state index contributed by atoms with van der Waals surface area (Å²) in [6, 6.07) is 7.90. The molecule has 2 aliphatic carbocycles. The Balaban J connectivity index is 0.00000147. The van der Waals surface area contributed by atoms with Gasteiger partial charge >= 0.3 is 0 Å². The van der Waals surface area contributed by atoms with E-state index < -0.39 is 0 Å². The molecule has 1 aromatic carbocycles. The first-order valence-corrected chi connectivity index (χ1v) is 7.56. The van der Waals surface area contributed by atoms with E-state index in [0.29, 0.717) is 5.41 Å². The Kier molecular flexibility index (Phi) is 4.52. The van der Waals surface area contributed by atoms with Crippen molar-refractivity contribution in [3.8, 4) is 0 Å². The standard InChI is InChI=1S/C17H23NO.CH4/c18-16(19)15-8-2-1-7-14(15)12-17-9-3-5-13(11-17)6-4-10-17;/h1-2,7-8,13H,3-6,9-12H2,(H2,18,19);1H4. The maximum absolute atomic E-state index is 11.6. The molecular formula is C18H27NO. The Morgan fingerprint density at radius 1 is 1.20 bits per heavy atom. The van der Waals surface area contributed by atoms with Crippen molar-refractivity contribution in [3.05, 3.63) is 35.4 Å². The predicted molar refractivity (Wildman–Crippen MR) is 83.6 cm³/mol. The van der Waals surface area contributed by atoms with Crippen LogP contribution < -0.4 is 5.73 Å². The van der Waals surface area contributed by atoms with E-state index in [1.54, 1.807) is 0 Å². The van der Waals surface area contributed by atoms with Crippen molar-refractivity contribution in [2.24, 2.45) is 17.1 Å². The van der Waals surface area contributed by atoms with Crippen LogP contribution in [0.5, 0.6) is 0 Å². The third-order valence-electron chi connectivity index (χ3n) is 5.21. The topological polar surface area (TPSA) is 43.1 Å². The first-order chi connectivity index (χ1) is 9.19. The van der Waals surface area contributed by atoms with Gasteiger partial charge in [0.25, 0.3) is 0 Å². The van der Waals surface area contributed by atoms with Gasteiger partial charge in [-0.2, -0.15) is 0 Å². The molecule has 0 aromatic heterocycles. The van der Waals surface area contributed by atoms with Crippen molar-refractivity contribution < 1.29 is 4.79 Å². The number of carbonyl (C=O) groups excluding carboxylic acids is 1. The van der Waals surface area contributed by atoms with Crippen LogP contribution in [0.1, 0.15) is 68.3 Å². The fourth-order valence-corrected chi connectivity index (χ4v) is 4.39. The van der Waals surface area contributed by atoms with Gasteiger partial charge in [0.1, 0.15) is 0 Å². The van der Waals surface area contributed by atoms with E-state index in [1.165, 1.54) is 44.9 Å². The molecule has 2 N–H and O–H groups in total. The predicted octanol–water partition coefficient (Wildman–Crippen LogP) is 4.32. The fourth-order valence-electron chi connectivity index (χ4n) is 4.39. The highest BCUT2D eigenvalue weighted by atomic mass is 16.1. The number of benzene rings is 1. The summed E-state index contributed by atoms with van der Waals surface area (Å²) in [6.45, 7) is 0. The van der Waals surface area contributed by atoms with Gasteiger partial charge in [-0.05, 0) is 48.6 Å². The van der Waals surface area contributed by atoms with Crippen LogP contribution in [-0.4, -0.2) is 5.91 Å². The Hall–Kier alpha value is -1.31. The molecule has 2 fully saturated rings. The number of amides is 1. The van der Waals surface area contributed by atoms with Crippen molar-refractivity contribution in [2.75, 3.05) is 0 Å². The molecule has 3 rings (SSSR count). The second kappa shape index (κ2) is 5.99. The molecule has 0 aliphatic heterocycles. The van der Waals surface area contributed by atoms with E-state index in [-0.39, 0.29) is 13.3 Å². The Bertz CT molecular complexity index is 470. The van der Waals surface area contributed by atoms with Gasteiger partial charge in [0.15, 0.2) is 0 Å². The lowest BCUT2D eigenvalue weighted by Crippen LogP contribution is -2.35. The van der Waals surface area contributed by atoms with Crippen molar-refractivity contribution in [1.29, 1.82) is 0 Å². The van der Waals surface area contributed by atoms with Crippen LogP contribution >= 0.6 is 0 Å². The van der Waals surface area contributed by atoms with Crippen LogP contribution in [0.25, 0.3) is 0 Å². The molecule has 2 saturated carbocycles. The highest BCUT2D eigenvalue weighted by molar-refractivity contribution is 5.94. The lowest BCUT2D eigenvalue weighted by Gasteiger charge is -2.45. The molecule has 0 spiro atoms. The van der Waals surface area contributed by atoms with Crippen LogP contribution in [0, 0.1) is 11.3 Å². The van der Waals surface area contributed by atoms with Gasteiger partial charge in [0.05, 0.1) is 0 Å². The number of hydrogen-bond donors (Lipinski definition) is 1. The molecular weight excluding hydrogens is 246 g/mol. The molecule has 1 amide bonds. The van der Waals surface area contributed by atoms with Crippen molar-refractivity contribution >= 4 is 5.91 Å². The second-order valence-electron chi connectivity index (χ2n) is 6.55. The summed E-state index contributed by atoms with van der Waals surface area (Å²) in [5, 5.41) is 0. The molecule has 2 bridgehead atoms. The van der Waals surface area contributed by atoms with Crippen molar-refractivity contribution in [2.45, 2.75) is 58.8 Å². The minimum absolute atomic E-state index is 0. The summed E-state index contributed by atoms with van der Waals surface area (Å²) in [6.07, 6.45) is 10.6. The van der Waals surface area contributed by atoms with Gasteiger partial charge < -0.3 is 5.73 Å². The molecule has 1 aromatic rings. The lowest BCUT2D eigenvalue weighted by molar-refractivity contribution is 0.0770. The summed E-state index contributed by atoms with van der Waals surface area (Å²) < 4.78 is 0. The number of hydrogen-bond acceptors (Lipinski definition) is 1. The van der Waals surface area contributed by atoms with Gasteiger partial charge in [0, 0.05) is 5.56 Å². The van der Waals surface area contributed by atoms with E-state index >= 15 is 0 Å². The van der Waals surface area contributed by atoms with Crippen LogP contribution in [-0.2, 0) is 6.42 Å². The number of rotatable bonds is 3. The number of carbonyl (C=O) groups is 1. The summed E-state index contributed by atoms with van der Waals surface area (Å²) in [5.74, 6) is 0.651. The summed E-state index contributed by atoms with van der Waals surface area (Å²) in [4.78, 5) is 11.6. The van der Waals surface area contributed by atoms with Crippen molar-refractivity contribution in [3.63, 3.8) is 0 Å². The zero-order valence-electron chi connectivity index (χ0n) is 11.5. The average Bonchev–Trinajstić information content (AvgIpc) is 2.39. The third-order valence-corrected chi connectivity index (χ3v) is 5.21. The molecule has 2 heteroatoms. The first-order valence-electron chi connectivity index (χ1n) is 7.56. The van der Waals surface area contributed by atoms with Crippen LogP contribution in [0.4, 0.5) is 0 Å². The largest absolute Gasteiger partial charge is 0.366 e. The quantitative estimate of drug-likeness (QED) is 0.875. The monoisotopic (exact) mass is 273 g/mol. The number of primary amides is 1. The Labute approximate surface area is 122 Å². The third kappa shape index (κ3) is 2.89. The Morgan fingerprint density at radius 3 is 2.50 bits per heavy atom. The normalized spacial score (nSPS) is 28.5. The van der Waals surface area contributed by atoms with E-state index in [0.717, 1.165) is 23.5 Å². The van der Waals surface area contributed by atoms with Crippen LogP contribution in [0.2, 0.25) is 0 Å². The minimum Gasteiger partial charge on any atom is -0.366 e. The summed E-state index contributed by atoms with van der Waals surface area (Å²) in [7, 11) is 0. The molecule has 110 valence electrons. The van der Waals surface area contributed by atoms with Gasteiger partial charge in [-0.3, -0.25) is 4.79 Å². The minimum atomic E-state index is -0.282. The molecule has 0 heterocycles. The number of fused-ring (bicyclic) bond motifs is 2. The van der Waals surface area contributed by atoms with Crippen LogP contribution in [0.3, 0.4) is 0 Å². The Morgan fingerprint density at radius 2 is 1.85 bits per heavy atom. The molecule has 0 atom stereocenters. The van der Waals surface area contributed by atoms with Gasteiger partial charge in [-0.1, -0.05) is 51.3 Å². The highest BCUT2D eigenvalue weighted by Crippen LogP contribution is 2.50. The van der Waals surface area contributed by atoms with E-state index in [4.69, 9.17) is 5.73 Å². The van der Waals surface area contributed by atoms with Gasteiger partial charge in [-0.15, -0.1) is 0 Å². The van der Waals surface area contributed by atoms with E-state index in [9.17, 15) is 4.79 Å². The van der Waals surface area contributed by atoms with Crippen molar-refractivity contribution in [1.82, 2.24) is 0 Å². The van der Waals surface area contributed by atoms with Gasteiger partial charge in [0.2, 0.25) is 5.91 Å². The molecule has 2 nitrogen and oxygen atoms in total. The second-order valence-corrected chi connectivity index (χ2v) is 6.55. The number of nitrogens with two attached hydrogens (primary N) is 1. The SMILES string of the molecule is C.NC(=O)c1ccccc1CC12CCCC(CCC1)C2. The maximum Gasteiger partial charge on any atom is 0.248 e. The van der Waals surface area contributed by atoms with E-state index in [1.807, 2.05) is 18.2 Å². The lowest BCUT2D eigenvalue weighted by atomic mass is 9.60. The van der Waals surface area contributed by atoms with Gasteiger partial charge in [-0.25, -0.2) is 0 Å². The molecule has 0 saturated heterocycles.